The summed E-state index contributed by atoms with van der Waals surface area (Å²) in [6.07, 6.45) is 1.97. The van der Waals surface area contributed by atoms with E-state index in [9.17, 15) is 0 Å². The van der Waals surface area contributed by atoms with E-state index < -0.39 is 0 Å². The van der Waals surface area contributed by atoms with E-state index in [0.717, 1.165) is 47.9 Å². The van der Waals surface area contributed by atoms with Crippen LogP contribution in [0.3, 0.4) is 0 Å². The zero-order valence-corrected chi connectivity index (χ0v) is 16.5. The van der Waals surface area contributed by atoms with Gasteiger partial charge in [-0.05, 0) is 30.2 Å². The number of hydrogen-bond donors (Lipinski definition) is 1. The van der Waals surface area contributed by atoms with Crippen LogP contribution in [0.1, 0.15) is 22.9 Å². The van der Waals surface area contributed by atoms with Crippen LogP contribution in [0.2, 0.25) is 5.02 Å². The molecule has 1 unspecified atom stereocenters. The SMILES string of the molecule is Cc1nn(C)c2ncc(CN3CCNCC3c3ccccc3Cl)cc12.Cl. The monoisotopic (exact) mass is 391 g/mol. The second-order valence-corrected chi connectivity index (χ2v) is 7.04. The lowest BCUT2D eigenvalue weighted by Gasteiger charge is -2.37. The maximum atomic E-state index is 6.45. The van der Waals surface area contributed by atoms with Crippen molar-refractivity contribution in [2.45, 2.75) is 19.5 Å². The van der Waals surface area contributed by atoms with E-state index in [0.29, 0.717) is 0 Å². The first kappa shape index (κ1) is 19.1. The molecule has 1 aromatic carbocycles. The van der Waals surface area contributed by atoms with Gasteiger partial charge < -0.3 is 5.32 Å². The first-order chi connectivity index (χ1) is 12.1. The van der Waals surface area contributed by atoms with Gasteiger partial charge in [-0.25, -0.2) is 4.98 Å². The van der Waals surface area contributed by atoms with Crippen LogP contribution in [0.4, 0.5) is 0 Å². The maximum Gasteiger partial charge on any atom is 0.157 e. The Bertz CT molecular complexity index is 908. The summed E-state index contributed by atoms with van der Waals surface area (Å²) in [6, 6.07) is 10.6. The van der Waals surface area contributed by atoms with E-state index >= 15 is 0 Å². The van der Waals surface area contributed by atoms with Crippen LogP contribution >= 0.6 is 24.0 Å². The molecule has 1 fully saturated rings. The fourth-order valence-corrected chi connectivity index (χ4v) is 3.92. The lowest BCUT2D eigenvalue weighted by atomic mass is 10.0. The van der Waals surface area contributed by atoms with Gasteiger partial charge in [0.15, 0.2) is 5.65 Å². The predicted octanol–water partition coefficient (Wildman–Crippen LogP) is 3.50. The highest BCUT2D eigenvalue weighted by Crippen LogP contribution is 2.30. The van der Waals surface area contributed by atoms with Crippen LogP contribution in [0.15, 0.2) is 36.5 Å². The molecule has 1 aliphatic heterocycles. The van der Waals surface area contributed by atoms with Gasteiger partial charge in [-0.15, -0.1) is 12.4 Å². The molecule has 3 heterocycles. The standard InChI is InChI=1S/C19H22ClN5.ClH/c1-13-16-9-14(10-22-19(16)24(2)23-13)12-25-8-7-21-11-18(25)15-5-3-4-6-17(15)20;/h3-6,9-10,18,21H,7-8,11-12H2,1-2H3;1H. The fraction of sp³-hybridized carbons (Fsp3) is 0.368. The topological polar surface area (TPSA) is 46.0 Å². The first-order valence-corrected chi connectivity index (χ1v) is 8.98. The van der Waals surface area contributed by atoms with Crippen molar-refractivity contribution >= 4 is 35.0 Å². The van der Waals surface area contributed by atoms with Crippen molar-refractivity contribution in [3.63, 3.8) is 0 Å². The second-order valence-electron chi connectivity index (χ2n) is 6.64. The van der Waals surface area contributed by atoms with Gasteiger partial charge >= 0.3 is 0 Å². The molecular weight excluding hydrogens is 369 g/mol. The molecule has 0 radical (unpaired) electrons. The van der Waals surface area contributed by atoms with Gasteiger partial charge in [0.05, 0.1) is 5.69 Å². The average molecular weight is 392 g/mol. The minimum absolute atomic E-state index is 0. The van der Waals surface area contributed by atoms with E-state index in [2.05, 4.69) is 38.5 Å². The van der Waals surface area contributed by atoms with Crippen molar-refractivity contribution in [3.8, 4) is 0 Å². The summed E-state index contributed by atoms with van der Waals surface area (Å²) in [4.78, 5) is 7.09. The molecule has 26 heavy (non-hydrogen) atoms. The number of rotatable bonds is 3. The third kappa shape index (κ3) is 3.58. The molecular formula is C19H23Cl2N5. The summed E-state index contributed by atoms with van der Waals surface area (Å²) in [5, 5.41) is 9.91. The quantitative estimate of drug-likeness (QED) is 0.741. The maximum absolute atomic E-state index is 6.45. The predicted molar refractivity (Wildman–Crippen MR) is 108 cm³/mol. The Kier molecular flexibility index (Phi) is 5.82. The Balaban J connectivity index is 0.00000196. The first-order valence-electron chi connectivity index (χ1n) is 8.61. The van der Waals surface area contributed by atoms with Gasteiger partial charge in [-0.2, -0.15) is 5.10 Å². The summed E-state index contributed by atoms with van der Waals surface area (Å²) in [7, 11) is 1.94. The highest BCUT2D eigenvalue weighted by molar-refractivity contribution is 6.31. The zero-order valence-electron chi connectivity index (χ0n) is 14.9. The highest BCUT2D eigenvalue weighted by atomic mass is 35.5. The molecule has 1 saturated heterocycles. The van der Waals surface area contributed by atoms with Gasteiger partial charge in [0.1, 0.15) is 0 Å². The number of aryl methyl sites for hydroxylation is 2. The van der Waals surface area contributed by atoms with Crippen LogP contribution in [0.5, 0.6) is 0 Å². The van der Waals surface area contributed by atoms with E-state index in [1.807, 2.05) is 37.0 Å². The van der Waals surface area contributed by atoms with Crippen molar-refractivity contribution in [2.24, 2.45) is 7.05 Å². The van der Waals surface area contributed by atoms with Crippen molar-refractivity contribution in [1.82, 2.24) is 25.0 Å². The minimum Gasteiger partial charge on any atom is -0.314 e. The smallest absolute Gasteiger partial charge is 0.157 e. The van der Waals surface area contributed by atoms with Crippen molar-refractivity contribution in [3.05, 3.63) is 58.4 Å². The summed E-state index contributed by atoms with van der Waals surface area (Å²) in [5.74, 6) is 0. The molecule has 4 rings (SSSR count). The number of pyridine rings is 1. The molecule has 0 saturated carbocycles. The molecule has 0 spiro atoms. The van der Waals surface area contributed by atoms with Crippen molar-refractivity contribution < 1.29 is 0 Å². The number of fused-ring (bicyclic) bond motifs is 1. The number of halogens is 2. The van der Waals surface area contributed by atoms with Crippen molar-refractivity contribution in [1.29, 1.82) is 0 Å². The third-order valence-corrected chi connectivity index (χ3v) is 5.27. The summed E-state index contributed by atoms with van der Waals surface area (Å²) >= 11 is 6.45. The number of nitrogens with one attached hydrogen (secondary N) is 1. The van der Waals surface area contributed by atoms with Crippen molar-refractivity contribution in [2.75, 3.05) is 19.6 Å². The van der Waals surface area contributed by atoms with Crippen LogP contribution in [-0.4, -0.2) is 39.3 Å². The molecule has 0 amide bonds. The van der Waals surface area contributed by atoms with Gasteiger partial charge in [0.25, 0.3) is 0 Å². The Morgan fingerprint density at radius 1 is 1.31 bits per heavy atom. The van der Waals surface area contributed by atoms with Gasteiger partial charge in [0, 0.05) is 55.9 Å². The third-order valence-electron chi connectivity index (χ3n) is 4.92. The van der Waals surface area contributed by atoms with E-state index in [1.165, 1.54) is 11.1 Å². The second kappa shape index (κ2) is 7.92. The van der Waals surface area contributed by atoms with Gasteiger partial charge in [0.2, 0.25) is 0 Å². The number of benzene rings is 1. The van der Waals surface area contributed by atoms with Crippen LogP contribution in [-0.2, 0) is 13.6 Å². The van der Waals surface area contributed by atoms with E-state index in [4.69, 9.17) is 11.6 Å². The van der Waals surface area contributed by atoms with Gasteiger partial charge in [-0.1, -0.05) is 29.8 Å². The summed E-state index contributed by atoms with van der Waals surface area (Å²) < 4.78 is 1.84. The molecule has 1 aliphatic rings. The normalized spacial score (nSPS) is 18.0. The Morgan fingerprint density at radius 2 is 2.12 bits per heavy atom. The molecule has 0 aliphatic carbocycles. The largest absolute Gasteiger partial charge is 0.314 e. The van der Waals surface area contributed by atoms with Gasteiger partial charge in [-0.3, -0.25) is 9.58 Å². The Labute approximate surface area is 164 Å². The highest BCUT2D eigenvalue weighted by Gasteiger charge is 2.25. The summed E-state index contributed by atoms with van der Waals surface area (Å²) in [6.45, 7) is 5.77. The fourth-order valence-electron chi connectivity index (χ4n) is 3.66. The molecule has 1 atom stereocenters. The summed E-state index contributed by atoms with van der Waals surface area (Å²) in [5.41, 5.74) is 4.35. The molecule has 0 bridgehead atoms. The lowest BCUT2D eigenvalue weighted by molar-refractivity contribution is 0.153. The molecule has 3 aromatic rings. The van der Waals surface area contributed by atoms with E-state index in [-0.39, 0.29) is 18.4 Å². The molecule has 138 valence electrons. The zero-order chi connectivity index (χ0) is 17.4. The van der Waals surface area contributed by atoms with Crippen LogP contribution in [0.25, 0.3) is 11.0 Å². The number of hydrogen-bond acceptors (Lipinski definition) is 4. The lowest BCUT2D eigenvalue weighted by Crippen LogP contribution is -2.45. The number of piperazine rings is 1. The number of aromatic nitrogens is 3. The molecule has 5 nitrogen and oxygen atoms in total. The van der Waals surface area contributed by atoms with Crippen LogP contribution < -0.4 is 5.32 Å². The van der Waals surface area contributed by atoms with E-state index in [1.54, 1.807) is 0 Å². The molecule has 1 N–H and O–H groups in total. The Morgan fingerprint density at radius 3 is 2.92 bits per heavy atom. The average Bonchev–Trinajstić information content (AvgIpc) is 2.90. The Hall–Kier alpha value is -1.66. The minimum atomic E-state index is 0. The molecule has 2 aromatic heterocycles. The molecule has 7 heteroatoms. The number of nitrogens with zero attached hydrogens (tertiary/aromatic N) is 4. The van der Waals surface area contributed by atoms with Crippen LogP contribution in [0, 0.1) is 6.92 Å².